The highest BCUT2D eigenvalue weighted by Crippen LogP contribution is 2.19. The lowest BCUT2D eigenvalue weighted by molar-refractivity contribution is -0.135. The number of carbonyl (C=O) groups excluding carboxylic acids is 1. The van der Waals surface area contributed by atoms with Crippen molar-refractivity contribution in [2.24, 2.45) is 0 Å². The Hall–Kier alpha value is -1.81. The van der Waals surface area contributed by atoms with Gasteiger partial charge in [0, 0.05) is 18.3 Å². The van der Waals surface area contributed by atoms with Gasteiger partial charge < -0.3 is 15.0 Å². The van der Waals surface area contributed by atoms with Crippen LogP contribution < -0.4 is 0 Å². The van der Waals surface area contributed by atoms with Crippen LogP contribution in [0.5, 0.6) is 0 Å². The van der Waals surface area contributed by atoms with Crippen LogP contribution in [-0.4, -0.2) is 40.1 Å². The maximum atomic E-state index is 12.4. The lowest BCUT2D eigenvalue weighted by atomic mass is 10.0. The van der Waals surface area contributed by atoms with E-state index in [4.69, 9.17) is 0 Å². The number of carbonyl (C=O) groups is 1. The summed E-state index contributed by atoms with van der Waals surface area (Å²) in [5.74, 6) is 0.120. The molecule has 4 nitrogen and oxygen atoms in total. The molecule has 0 saturated carbocycles. The van der Waals surface area contributed by atoms with Crippen molar-refractivity contribution >= 4 is 16.8 Å². The number of amides is 1. The molecule has 2 aromatic rings. The number of nitrogens with zero attached hydrogens (tertiary/aromatic N) is 1. The van der Waals surface area contributed by atoms with Crippen LogP contribution in [0, 0.1) is 0 Å². The van der Waals surface area contributed by atoms with E-state index in [1.54, 1.807) is 0 Å². The molecular weight excluding hydrogens is 252 g/mol. The number of aliphatic hydroxyl groups is 1. The second kappa shape index (κ2) is 5.67. The molecule has 1 aliphatic heterocycles. The highest BCUT2D eigenvalue weighted by atomic mass is 16.3. The van der Waals surface area contributed by atoms with Gasteiger partial charge in [0.15, 0.2) is 0 Å². The number of benzene rings is 1. The molecule has 1 atom stereocenters. The molecule has 4 heteroatoms. The van der Waals surface area contributed by atoms with Gasteiger partial charge in [0.1, 0.15) is 0 Å². The fourth-order valence-corrected chi connectivity index (χ4v) is 3.00. The largest absolute Gasteiger partial charge is 0.394 e. The van der Waals surface area contributed by atoms with Gasteiger partial charge in [-0.15, -0.1) is 0 Å². The molecule has 1 aromatic carbocycles. The summed E-state index contributed by atoms with van der Waals surface area (Å²) in [5.41, 5.74) is 2.08. The van der Waals surface area contributed by atoms with Crippen LogP contribution in [0.3, 0.4) is 0 Å². The molecule has 3 rings (SSSR count). The third-order valence-electron chi connectivity index (χ3n) is 4.13. The van der Waals surface area contributed by atoms with Crippen molar-refractivity contribution in [2.45, 2.75) is 31.7 Å². The lowest BCUT2D eigenvalue weighted by Crippen LogP contribution is -2.46. The summed E-state index contributed by atoms with van der Waals surface area (Å²) in [6, 6.07) is 8.10. The van der Waals surface area contributed by atoms with E-state index >= 15 is 0 Å². The van der Waals surface area contributed by atoms with Crippen LogP contribution in [-0.2, 0) is 11.2 Å². The Balaban J connectivity index is 1.73. The number of aliphatic hydroxyl groups excluding tert-OH is 1. The zero-order valence-electron chi connectivity index (χ0n) is 11.5. The van der Waals surface area contributed by atoms with Crippen LogP contribution in [0.1, 0.15) is 24.8 Å². The first-order chi connectivity index (χ1) is 9.78. The minimum absolute atomic E-state index is 0.00506. The first-order valence-corrected chi connectivity index (χ1v) is 7.24. The maximum Gasteiger partial charge on any atom is 0.227 e. The van der Waals surface area contributed by atoms with E-state index < -0.39 is 0 Å². The van der Waals surface area contributed by atoms with Gasteiger partial charge in [-0.1, -0.05) is 12.1 Å². The van der Waals surface area contributed by atoms with Crippen LogP contribution in [0.2, 0.25) is 0 Å². The Labute approximate surface area is 118 Å². The summed E-state index contributed by atoms with van der Waals surface area (Å²) in [6.07, 6.45) is 5.37. The summed E-state index contributed by atoms with van der Waals surface area (Å²) in [7, 11) is 0. The Kier molecular flexibility index (Phi) is 3.74. The molecule has 1 fully saturated rings. The molecule has 1 aliphatic rings. The second-order valence-electron chi connectivity index (χ2n) is 5.50. The lowest BCUT2D eigenvalue weighted by Gasteiger charge is -2.34. The molecule has 1 saturated heterocycles. The van der Waals surface area contributed by atoms with Crippen LogP contribution >= 0.6 is 0 Å². The second-order valence-corrected chi connectivity index (χ2v) is 5.50. The van der Waals surface area contributed by atoms with Crippen LogP contribution in [0.4, 0.5) is 0 Å². The third-order valence-corrected chi connectivity index (χ3v) is 4.13. The summed E-state index contributed by atoms with van der Waals surface area (Å²) in [4.78, 5) is 17.4. The minimum atomic E-state index is 0.00506. The Morgan fingerprint density at radius 2 is 2.25 bits per heavy atom. The van der Waals surface area contributed by atoms with Gasteiger partial charge in [-0.3, -0.25) is 4.79 Å². The molecule has 0 spiro atoms. The summed E-state index contributed by atoms with van der Waals surface area (Å²) in [6.45, 7) is 0.843. The highest BCUT2D eigenvalue weighted by molar-refractivity contribution is 5.83. The van der Waals surface area contributed by atoms with E-state index in [2.05, 4.69) is 4.98 Å². The molecule has 106 valence electrons. The SMILES string of the molecule is O=C(Cc1ccc2cc[nH]c2c1)N1CCCCC1CO. The van der Waals surface area contributed by atoms with E-state index in [1.807, 2.05) is 35.4 Å². The van der Waals surface area contributed by atoms with Gasteiger partial charge in [-0.05, 0) is 42.3 Å². The molecule has 0 bridgehead atoms. The molecule has 0 radical (unpaired) electrons. The number of fused-ring (bicyclic) bond motifs is 1. The van der Waals surface area contributed by atoms with Gasteiger partial charge >= 0.3 is 0 Å². The number of likely N-dealkylation sites (tertiary alicyclic amines) is 1. The zero-order valence-corrected chi connectivity index (χ0v) is 11.5. The predicted octanol–water partition coefficient (Wildman–Crippen LogP) is 2.08. The smallest absolute Gasteiger partial charge is 0.227 e. The minimum Gasteiger partial charge on any atom is -0.394 e. The van der Waals surface area contributed by atoms with Gasteiger partial charge in [0.2, 0.25) is 5.91 Å². The maximum absolute atomic E-state index is 12.4. The van der Waals surface area contributed by atoms with Crippen molar-refractivity contribution in [2.75, 3.05) is 13.2 Å². The number of rotatable bonds is 3. The Bertz CT molecular complexity index is 605. The van der Waals surface area contributed by atoms with Gasteiger partial charge in [-0.25, -0.2) is 0 Å². The van der Waals surface area contributed by atoms with E-state index in [0.717, 1.165) is 42.3 Å². The zero-order chi connectivity index (χ0) is 13.9. The predicted molar refractivity (Wildman–Crippen MR) is 78.4 cm³/mol. The molecule has 2 N–H and O–H groups in total. The average Bonchev–Trinajstić information content (AvgIpc) is 2.94. The molecule has 1 aromatic heterocycles. The van der Waals surface area contributed by atoms with Gasteiger partial charge in [0.05, 0.1) is 19.1 Å². The molecule has 1 amide bonds. The van der Waals surface area contributed by atoms with Crippen molar-refractivity contribution in [3.63, 3.8) is 0 Å². The fraction of sp³-hybridized carbons (Fsp3) is 0.438. The van der Waals surface area contributed by atoms with E-state index in [0.29, 0.717) is 6.42 Å². The van der Waals surface area contributed by atoms with Crippen LogP contribution in [0.15, 0.2) is 30.5 Å². The molecule has 0 aliphatic carbocycles. The van der Waals surface area contributed by atoms with E-state index in [9.17, 15) is 9.90 Å². The summed E-state index contributed by atoms with van der Waals surface area (Å²) < 4.78 is 0. The topological polar surface area (TPSA) is 56.3 Å². The van der Waals surface area contributed by atoms with E-state index in [-0.39, 0.29) is 18.6 Å². The number of aromatic amines is 1. The number of nitrogens with one attached hydrogen (secondary N) is 1. The quantitative estimate of drug-likeness (QED) is 0.899. The first-order valence-electron chi connectivity index (χ1n) is 7.24. The monoisotopic (exact) mass is 272 g/mol. The first kappa shape index (κ1) is 13.2. The number of aromatic nitrogens is 1. The molecular formula is C16H20N2O2. The van der Waals surface area contributed by atoms with E-state index in [1.165, 1.54) is 0 Å². The summed E-state index contributed by atoms with van der Waals surface area (Å²) >= 11 is 0. The highest BCUT2D eigenvalue weighted by Gasteiger charge is 2.25. The van der Waals surface area contributed by atoms with Crippen molar-refractivity contribution < 1.29 is 9.90 Å². The fourth-order valence-electron chi connectivity index (χ4n) is 3.00. The summed E-state index contributed by atoms with van der Waals surface area (Å²) in [5, 5.41) is 10.6. The van der Waals surface area contributed by atoms with Crippen molar-refractivity contribution in [1.29, 1.82) is 0 Å². The average molecular weight is 272 g/mol. The molecule has 20 heavy (non-hydrogen) atoms. The van der Waals surface area contributed by atoms with Gasteiger partial charge in [-0.2, -0.15) is 0 Å². The third kappa shape index (κ3) is 2.56. The number of hydrogen-bond acceptors (Lipinski definition) is 2. The molecule has 1 unspecified atom stereocenters. The van der Waals surface area contributed by atoms with Crippen molar-refractivity contribution in [1.82, 2.24) is 9.88 Å². The molecule has 2 heterocycles. The number of piperidine rings is 1. The van der Waals surface area contributed by atoms with Crippen molar-refractivity contribution in [3.8, 4) is 0 Å². The Morgan fingerprint density at radius 1 is 1.35 bits per heavy atom. The normalized spacial score (nSPS) is 19.4. The van der Waals surface area contributed by atoms with Crippen molar-refractivity contribution in [3.05, 3.63) is 36.0 Å². The number of H-pyrrole nitrogens is 1. The number of hydrogen-bond donors (Lipinski definition) is 2. The standard InChI is InChI=1S/C16H20N2O2/c19-11-14-3-1-2-8-18(14)16(20)10-12-4-5-13-6-7-17-15(13)9-12/h4-7,9,14,17,19H,1-3,8,10-11H2. The Morgan fingerprint density at radius 3 is 3.10 bits per heavy atom. The van der Waals surface area contributed by atoms with Crippen LogP contribution in [0.25, 0.3) is 10.9 Å². The van der Waals surface area contributed by atoms with Gasteiger partial charge in [0.25, 0.3) is 0 Å².